The van der Waals surface area contributed by atoms with Gasteiger partial charge in [0.05, 0.1) is 11.3 Å². The zero-order valence-corrected chi connectivity index (χ0v) is 16.4. The quantitative estimate of drug-likeness (QED) is 0.489. The van der Waals surface area contributed by atoms with Crippen LogP contribution in [0.3, 0.4) is 0 Å². The summed E-state index contributed by atoms with van der Waals surface area (Å²) in [6.07, 6.45) is -0.848. The maximum atomic E-state index is 12.6. The highest BCUT2D eigenvalue weighted by Crippen LogP contribution is 2.25. The Labute approximate surface area is 172 Å². The largest absolute Gasteiger partial charge is 0.465 e. The van der Waals surface area contributed by atoms with Crippen molar-refractivity contribution >= 4 is 27.9 Å². The van der Waals surface area contributed by atoms with Crippen LogP contribution in [0.5, 0.6) is 0 Å². The van der Waals surface area contributed by atoms with Gasteiger partial charge < -0.3 is 20.0 Å². The van der Waals surface area contributed by atoms with Crippen LogP contribution in [-0.4, -0.2) is 57.1 Å². The standard InChI is InChI=1S/C23H22N4O3/c28-22-18(12-16-3-1-2-4-19(16)25-22)21-13-17-6-5-15(11-20(17)24-21)14-26-7-9-27(10-8-26)23(29)30/h1-6,11-13,24H,7-10,14H2,(H,25,28)(H,29,30). The van der Waals surface area contributed by atoms with Crippen LogP contribution < -0.4 is 5.56 Å². The second-order valence-electron chi connectivity index (χ2n) is 7.75. The van der Waals surface area contributed by atoms with Crippen molar-refractivity contribution in [3.8, 4) is 11.3 Å². The minimum absolute atomic E-state index is 0.114. The molecule has 3 N–H and O–H groups in total. The number of para-hydroxylation sites is 1. The highest BCUT2D eigenvalue weighted by atomic mass is 16.4. The first-order chi connectivity index (χ1) is 14.6. The van der Waals surface area contributed by atoms with E-state index in [-0.39, 0.29) is 5.56 Å². The number of fused-ring (bicyclic) bond motifs is 2. The summed E-state index contributed by atoms with van der Waals surface area (Å²) in [4.78, 5) is 33.7. The second-order valence-corrected chi connectivity index (χ2v) is 7.75. The normalized spacial score (nSPS) is 15.1. The highest BCUT2D eigenvalue weighted by Gasteiger charge is 2.20. The van der Waals surface area contributed by atoms with E-state index >= 15 is 0 Å². The Balaban J connectivity index is 1.40. The topological polar surface area (TPSA) is 92.4 Å². The smallest absolute Gasteiger partial charge is 0.407 e. The third-order valence-corrected chi connectivity index (χ3v) is 5.78. The van der Waals surface area contributed by atoms with E-state index in [4.69, 9.17) is 5.11 Å². The molecule has 1 amide bonds. The lowest BCUT2D eigenvalue weighted by Crippen LogP contribution is -2.47. The van der Waals surface area contributed by atoms with Crippen LogP contribution in [0.4, 0.5) is 4.79 Å². The molecule has 1 aliphatic rings. The molecule has 0 spiro atoms. The zero-order chi connectivity index (χ0) is 20.7. The molecule has 4 aromatic rings. The molecule has 0 unspecified atom stereocenters. The van der Waals surface area contributed by atoms with Crippen molar-refractivity contribution in [2.24, 2.45) is 0 Å². The number of piperazine rings is 1. The van der Waals surface area contributed by atoms with Crippen molar-refractivity contribution in [3.05, 3.63) is 70.5 Å². The third kappa shape index (κ3) is 3.44. The molecule has 1 aliphatic heterocycles. The summed E-state index contributed by atoms with van der Waals surface area (Å²) in [5.41, 5.74) is 4.27. The van der Waals surface area contributed by atoms with E-state index in [1.54, 1.807) is 0 Å². The predicted molar refractivity (Wildman–Crippen MR) is 117 cm³/mol. The van der Waals surface area contributed by atoms with Gasteiger partial charge in [0.15, 0.2) is 0 Å². The van der Waals surface area contributed by atoms with E-state index in [2.05, 4.69) is 33.1 Å². The lowest BCUT2D eigenvalue weighted by molar-refractivity contribution is 0.103. The van der Waals surface area contributed by atoms with Crippen molar-refractivity contribution in [3.63, 3.8) is 0 Å². The summed E-state index contributed by atoms with van der Waals surface area (Å²) < 4.78 is 0. The molecule has 3 heterocycles. The summed E-state index contributed by atoms with van der Waals surface area (Å²) in [7, 11) is 0. The summed E-state index contributed by atoms with van der Waals surface area (Å²) in [6, 6.07) is 17.9. The number of nitrogens with one attached hydrogen (secondary N) is 2. The van der Waals surface area contributed by atoms with Gasteiger partial charge in [-0.05, 0) is 35.2 Å². The van der Waals surface area contributed by atoms with Crippen molar-refractivity contribution in [1.29, 1.82) is 0 Å². The van der Waals surface area contributed by atoms with Gasteiger partial charge in [-0.3, -0.25) is 9.69 Å². The highest BCUT2D eigenvalue weighted by molar-refractivity contribution is 5.89. The van der Waals surface area contributed by atoms with Gasteiger partial charge in [0.25, 0.3) is 5.56 Å². The molecule has 0 atom stereocenters. The van der Waals surface area contributed by atoms with E-state index in [0.29, 0.717) is 18.7 Å². The number of hydrogen-bond acceptors (Lipinski definition) is 3. The number of amides is 1. The number of hydrogen-bond donors (Lipinski definition) is 3. The van der Waals surface area contributed by atoms with E-state index in [1.165, 1.54) is 4.90 Å². The number of nitrogens with zero attached hydrogens (tertiary/aromatic N) is 2. The Morgan fingerprint density at radius 3 is 2.47 bits per heavy atom. The van der Waals surface area contributed by atoms with Gasteiger partial charge in [0.1, 0.15) is 0 Å². The number of pyridine rings is 1. The molecular weight excluding hydrogens is 380 g/mol. The Morgan fingerprint density at radius 1 is 0.900 bits per heavy atom. The number of aromatic nitrogens is 2. The average Bonchev–Trinajstić information content (AvgIpc) is 3.16. The molecular formula is C23H22N4O3. The summed E-state index contributed by atoms with van der Waals surface area (Å²) in [6.45, 7) is 3.30. The van der Waals surface area contributed by atoms with Crippen LogP contribution in [0, 0.1) is 0 Å². The molecule has 0 aliphatic carbocycles. The Hall–Kier alpha value is -3.58. The SMILES string of the molecule is O=C(O)N1CCN(Cc2ccc3cc(-c4cc5ccccc5[nH]c4=O)[nH]c3c2)CC1. The lowest BCUT2D eigenvalue weighted by Gasteiger charge is -2.33. The Kier molecular flexibility index (Phi) is 4.52. The Bertz CT molecular complexity index is 1300. The predicted octanol–water partition coefficient (Wildman–Crippen LogP) is 3.47. The van der Waals surface area contributed by atoms with E-state index in [9.17, 15) is 9.59 Å². The van der Waals surface area contributed by atoms with Crippen molar-refractivity contribution in [2.75, 3.05) is 26.2 Å². The monoisotopic (exact) mass is 402 g/mol. The minimum Gasteiger partial charge on any atom is -0.465 e. The molecule has 5 rings (SSSR count). The lowest BCUT2D eigenvalue weighted by atomic mass is 10.1. The second kappa shape index (κ2) is 7.35. The fourth-order valence-corrected chi connectivity index (χ4v) is 4.12. The number of aromatic amines is 2. The van der Waals surface area contributed by atoms with Gasteiger partial charge in [0.2, 0.25) is 0 Å². The summed E-state index contributed by atoms with van der Waals surface area (Å²) >= 11 is 0. The minimum atomic E-state index is -0.848. The van der Waals surface area contributed by atoms with Crippen LogP contribution in [0.2, 0.25) is 0 Å². The maximum absolute atomic E-state index is 12.6. The molecule has 0 radical (unpaired) electrons. The van der Waals surface area contributed by atoms with Crippen LogP contribution >= 0.6 is 0 Å². The zero-order valence-electron chi connectivity index (χ0n) is 16.4. The number of carbonyl (C=O) groups is 1. The molecule has 7 nitrogen and oxygen atoms in total. The van der Waals surface area contributed by atoms with E-state index in [1.807, 2.05) is 36.4 Å². The number of benzene rings is 2. The molecule has 2 aromatic carbocycles. The van der Waals surface area contributed by atoms with Gasteiger partial charge in [-0.2, -0.15) is 0 Å². The first-order valence-corrected chi connectivity index (χ1v) is 10.0. The first kappa shape index (κ1) is 18.4. The van der Waals surface area contributed by atoms with E-state index in [0.717, 1.165) is 52.7 Å². The average molecular weight is 402 g/mol. The molecule has 152 valence electrons. The van der Waals surface area contributed by atoms with Crippen molar-refractivity contribution in [1.82, 2.24) is 19.8 Å². The van der Waals surface area contributed by atoms with Crippen LogP contribution in [-0.2, 0) is 6.54 Å². The van der Waals surface area contributed by atoms with Gasteiger partial charge in [-0.15, -0.1) is 0 Å². The first-order valence-electron chi connectivity index (χ1n) is 10.0. The van der Waals surface area contributed by atoms with Crippen molar-refractivity contribution in [2.45, 2.75) is 6.54 Å². The molecule has 7 heteroatoms. The fraction of sp³-hybridized carbons (Fsp3) is 0.217. The van der Waals surface area contributed by atoms with Gasteiger partial charge in [-0.25, -0.2) is 4.79 Å². The van der Waals surface area contributed by atoms with E-state index < -0.39 is 6.09 Å². The van der Waals surface area contributed by atoms with Crippen LogP contribution in [0.15, 0.2) is 59.4 Å². The Morgan fingerprint density at radius 2 is 1.67 bits per heavy atom. The number of H-pyrrole nitrogens is 2. The summed E-state index contributed by atoms with van der Waals surface area (Å²) in [5.74, 6) is 0. The molecule has 0 saturated carbocycles. The molecule has 2 aromatic heterocycles. The third-order valence-electron chi connectivity index (χ3n) is 5.78. The molecule has 1 fully saturated rings. The van der Waals surface area contributed by atoms with Crippen LogP contribution in [0.1, 0.15) is 5.56 Å². The number of carboxylic acid groups (broad SMARTS) is 1. The van der Waals surface area contributed by atoms with Gasteiger partial charge in [0, 0.05) is 49.1 Å². The maximum Gasteiger partial charge on any atom is 0.407 e. The van der Waals surface area contributed by atoms with Crippen LogP contribution in [0.25, 0.3) is 33.1 Å². The summed E-state index contributed by atoms with van der Waals surface area (Å²) in [5, 5.41) is 11.1. The van der Waals surface area contributed by atoms with Gasteiger partial charge in [-0.1, -0.05) is 30.3 Å². The van der Waals surface area contributed by atoms with Gasteiger partial charge >= 0.3 is 6.09 Å². The number of rotatable bonds is 3. The molecule has 0 bridgehead atoms. The van der Waals surface area contributed by atoms with Crippen molar-refractivity contribution < 1.29 is 9.90 Å². The molecule has 1 saturated heterocycles. The molecule has 30 heavy (non-hydrogen) atoms. The fourth-order valence-electron chi connectivity index (χ4n) is 4.12.